The fourth-order valence-electron chi connectivity index (χ4n) is 4.30. The maximum absolute atomic E-state index is 13.5. The van der Waals surface area contributed by atoms with Crippen LogP contribution in [0.25, 0.3) is 17.3 Å². The molecule has 0 radical (unpaired) electrons. The predicted molar refractivity (Wildman–Crippen MR) is 183 cm³/mol. The van der Waals surface area contributed by atoms with E-state index in [0.717, 1.165) is 16.2 Å². The number of phenols is 1. The maximum atomic E-state index is 13.5. The first-order chi connectivity index (χ1) is 22.3. The van der Waals surface area contributed by atoms with Crippen molar-refractivity contribution in [3.8, 4) is 22.8 Å². The van der Waals surface area contributed by atoms with Gasteiger partial charge in [0.1, 0.15) is 17.2 Å². The Morgan fingerprint density at radius 3 is 2.39 bits per heavy atom. The summed E-state index contributed by atoms with van der Waals surface area (Å²) in [7, 11) is 1.44. The zero-order valence-electron chi connectivity index (χ0n) is 24.9. The van der Waals surface area contributed by atoms with Gasteiger partial charge in [-0.15, -0.1) is 23.1 Å². The average molecular weight is 651 g/mol. The number of nitrogens with zero attached hydrogens (tertiary/aromatic N) is 1. The molecule has 232 valence electrons. The van der Waals surface area contributed by atoms with Crippen LogP contribution in [0.5, 0.6) is 11.5 Å². The van der Waals surface area contributed by atoms with Gasteiger partial charge in [0.2, 0.25) is 5.91 Å². The van der Waals surface area contributed by atoms with Crippen LogP contribution < -0.4 is 20.7 Å². The molecule has 1 aromatic heterocycles. The number of aromatic hydroxyl groups is 1. The molecule has 0 spiro atoms. The number of hydrogen-bond acceptors (Lipinski definition) is 8. The first-order valence-corrected chi connectivity index (χ1v) is 15.9. The van der Waals surface area contributed by atoms with Crippen molar-refractivity contribution in [1.29, 1.82) is 0 Å². The highest BCUT2D eigenvalue weighted by Crippen LogP contribution is 2.29. The lowest BCUT2D eigenvalue weighted by Gasteiger charge is -2.14. The number of thioether (sulfide) groups is 1. The Kier molecular flexibility index (Phi) is 10.5. The molecule has 0 fully saturated rings. The number of nitrogens with one attached hydrogen (secondary N) is 3. The van der Waals surface area contributed by atoms with Crippen molar-refractivity contribution in [3.05, 3.63) is 125 Å². The first kappa shape index (κ1) is 32.0. The molecule has 9 nitrogen and oxygen atoms in total. The van der Waals surface area contributed by atoms with E-state index >= 15 is 0 Å². The van der Waals surface area contributed by atoms with E-state index in [2.05, 4.69) is 20.9 Å². The van der Waals surface area contributed by atoms with Gasteiger partial charge in [-0.3, -0.25) is 14.4 Å². The third kappa shape index (κ3) is 8.40. The minimum atomic E-state index is -0.578. The number of carbonyl (C=O) groups excluding carboxylic acids is 3. The molecular weight excluding hydrogens is 621 g/mol. The monoisotopic (exact) mass is 650 g/mol. The number of methoxy groups -OCH3 is 1. The van der Waals surface area contributed by atoms with Crippen molar-refractivity contribution in [1.82, 2.24) is 10.3 Å². The minimum absolute atomic E-state index is 0.00543. The third-order valence-corrected chi connectivity index (χ3v) is 8.48. The number of amides is 3. The van der Waals surface area contributed by atoms with E-state index in [1.165, 1.54) is 48.4 Å². The Labute approximate surface area is 274 Å². The van der Waals surface area contributed by atoms with Crippen molar-refractivity contribution < 1.29 is 24.2 Å². The number of hydrogen-bond donors (Lipinski definition) is 4. The summed E-state index contributed by atoms with van der Waals surface area (Å²) in [6.07, 6.45) is 1.47. The number of aromatic nitrogens is 1. The lowest BCUT2D eigenvalue weighted by atomic mass is 10.1. The Bertz CT molecular complexity index is 1880. The van der Waals surface area contributed by atoms with Crippen molar-refractivity contribution in [3.63, 3.8) is 0 Å². The maximum Gasteiger partial charge on any atom is 0.272 e. The number of benzene rings is 4. The van der Waals surface area contributed by atoms with Crippen LogP contribution in [0.3, 0.4) is 0 Å². The Morgan fingerprint density at radius 1 is 0.913 bits per heavy atom. The summed E-state index contributed by atoms with van der Waals surface area (Å²) < 4.78 is 5.36. The van der Waals surface area contributed by atoms with Crippen LogP contribution in [-0.4, -0.2) is 40.2 Å². The quantitative estimate of drug-likeness (QED) is 0.0890. The van der Waals surface area contributed by atoms with E-state index < -0.39 is 17.1 Å². The fraction of sp³-hybridized carbons (Fsp3) is 0.0857. The van der Waals surface area contributed by atoms with Gasteiger partial charge in [0, 0.05) is 38.7 Å². The van der Waals surface area contributed by atoms with E-state index in [0.29, 0.717) is 27.7 Å². The van der Waals surface area contributed by atoms with Gasteiger partial charge >= 0.3 is 0 Å². The SMILES string of the molecule is COc1cc(O)ccc1/C=C(/NC(=O)c1ccccc1)C(=O)Nc1cccc(SC(C)C(=O)Nc2nc(-c3ccccc3)cs2)c1. The van der Waals surface area contributed by atoms with E-state index in [1.54, 1.807) is 61.5 Å². The fourth-order valence-corrected chi connectivity index (χ4v) is 5.95. The van der Waals surface area contributed by atoms with Crippen LogP contribution in [0.1, 0.15) is 22.8 Å². The minimum Gasteiger partial charge on any atom is -0.508 e. The standard InChI is InChI=1S/C35H30N4O5S2/c1-22(32(41)39-35-38-30(21-45-35)23-10-5-3-6-11-23)46-28-15-9-14-26(19-28)36-34(43)29(37-33(42)24-12-7-4-8-13-24)18-25-16-17-27(40)20-31(25)44-2/h3-22,40H,1-2H3,(H,36,43)(H,37,42)(H,38,39,41)/b29-18+. The zero-order chi connectivity index (χ0) is 32.5. The van der Waals surface area contributed by atoms with Crippen LogP contribution in [0.15, 0.2) is 119 Å². The number of ether oxygens (including phenoxy) is 1. The molecule has 0 aliphatic carbocycles. The van der Waals surface area contributed by atoms with Gasteiger partial charge in [0.25, 0.3) is 11.8 Å². The molecule has 0 saturated carbocycles. The summed E-state index contributed by atoms with van der Waals surface area (Å²) in [5, 5.41) is 20.2. The molecule has 1 atom stereocenters. The second-order valence-electron chi connectivity index (χ2n) is 9.94. The zero-order valence-corrected chi connectivity index (χ0v) is 26.5. The van der Waals surface area contributed by atoms with Crippen LogP contribution in [0, 0.1) is 0 Å². The molecule has 5 aromatic rings. The Hall–Kier alpha value is -5.39. The van der Waals surface area contributed by atoms with Crippen LogP contribution in [0.4, 0.5) is 10.8 Å². The Morgan fingerprint density at radius 2 is 1.65 bits per heavy atom. The van der Waals surface area contributed by atoms with Gasteiger partial charge in [0.15, 0.2) is 5.13 Å². The number of anilines is 2. The van der Waals surface area contributed by atoms with Gasteiger partial charge in [-0.2, -0.15) is 0 Å². The van der Waals surface area contributed by atoms with Crippen molar-refractivity contribution in [2.24, 2.45) is 0 Å². The van der Waals surface area contributed by atoms with Gasteiger partial charge in [-0.25, -0.2) is 4.98 Å². The average Bonchev–Trinajstić information content (AvgIpc) is 3.54. The largest absolute Gasteiger partial charge is 0.508 e. The normalized spacial score (nSPS) is 11.7. The molecular formula is C35H30N4O5S2. The number of thiazole rings is 1. The number of phenolic OH excluding ortho intramolecular Hbond substituents is 1. The van der Waals surface area contributed by atoms with Crippen LogP contribution >= 0.6 is 23.1 Å². The molecule has 0 saturated heterocycles. The third-order valence-electron chi connectivity index (χ3n) is 6.62. The smallest absolute Gasteiger partial charge is 0.272 e. The highest BCUT2D eigenvalue weighted by atomic mass is 32.2. The second kappa shape index (κ2) is 15.1. The summed E-state index contributed by atoms with van der Waals surface area (Å²) in [5.74, 6) is -0.941. The van der Waals surface area contributed by atoms with Gasteiger partial charge in [-0.05, 0) is 55.5 Å². The summed E-state index contributed by atoms with van der Waals surface area (Å²) in [6.45, 7) is 1.79. The van der Waals surface area contributed by atoms with E-state index in [-0.39, 0.29) is 17.4 Å². The van der Waals surface area contributed by atoms with E-state index in [4.69, 9.17) is 4.74 Å². The van der Waals surface area contributed by atoms with Gasteiger partial charge in [-0.1, -0.05) is 54.6 Å². The molecule has 46 heavy (non-hydrogen) atoms. The first-order valence-electron chi connectivity index (χ1n) is 14.1. The summed E-state index contributed by atoms with van der Waals surface area (Å²) >= 11 is 2.69. The van der Waals surface area contributed by atoms with E-state index in [9.17, 15) is 19.5 Å². The van der Waals surface area contributed by atoms with Crippen LogP contribution in [0.2, 0.25) is 0 Å². The van der Waals surface area contributed by atoms with Crippen LogP contribution in [-0.2, 0) is 9.59 Å². The predicted octanol–water partition coefficient (Wildman–Crippen LogP) is 7.05. The molecule has 4 N–H and O–H groups in total. The number of rotatable bonds is 11. The Balaban J connectivity index is 1.28. The molecule has 1 heterocycles. The topological polar surface area (TPSA) is 130 Å². The highest BCUT2D eigenvalue weighted by Gasteiger charge is 2.19. The molecule has 1 unspecified atom stereocenters. The molecule has 11 heteroatoms. The lowest BCUT2D eigenvalue weighted by Crippen LogP contribution is -2.30. The molecule has 0 aliphatic rings. The molecule has 0 aliphatic heterocycles. The molecule has 3 amide bonds. The lowest BCUT2D eigenvalue weighted by molar-refractivity contribution is -0.115. The van der Waals surface area contributed by atoms with Crippen molar-refractivity contribution in [2.75, 3.05) is 17.7 Å². The van der Waals surface area contributed by atoms with Crippen molar-refractivity contribution >= 4 is 57.7 Å². The van der Waals surface area contributed by atoms with Gasteiger partial charge in [0.05, 0.1) is 18.1 Å². The summed E-state index contributed by atoms with van der Waals surface area (Å²) in [5.41, 5.74) is 3.04. The van der Waals surface area contributed by atoms with Crippen molar-refractivity contribution in [2.45, 2.75) is 17.1 Å². The number of carbonyl (C=O) groups is 3. The molecule has 5 rings (SSSR count). The molecule has 0 bridgehead atoms. The van der Waals surface area contributed by atoms with Gasteiger partial charge < -0.3 is 25.8 Å². The highest BCUT2D eigenvalue weighted by molar-refractivity contribution is 8.00. The second-order valence-corrected chi connectivity index (χ2v) is 12.2. The summed E-state index contributed by atoms with van der Waals surface area (Å²) in [4.78, 5) is 44.8. The molecule has 4 aromatic carbocycles. The van der Waals surface area contributed by atoms with E-state index in [1.807, 2.05) is 41.8 Å². The summed E-state index contributed by atoms with van der Waals surface area (Å²) in [6, 6.07) is 29.8.